The zero-order chi connectivity index (χ0) is 12.0. The summed E-state index contributed by atoms with van der Waals surface area (Å²) in [5.74, 6) is 0.646. The Bertz CT molecular complexity index is 308. The average molecular weight is 225 g/mol. The Hall–Kier alpha value is -1.29. The van der Waals surface area contributed by atoms with E-state index in [1.165, 1.54) is 7.11 Å². The first-order chi connectivity index (χ1) is 7.63. The molecule has 2 unspecified atom stereocenters. The van der Waals surface area contributed by atoms with Gasteiger partial charge in [-0.25, -0.2) is 0 Å². The molecule has 0 amide bonds. The maximum absolute atomic E-state index is 11.2. The van der Waals surface area contributed by atoms with Gasteiger partial charge in [0.05, 0.1) is 19.3 Å². The predicted octanol–water partition coefficient (Wildman–Crippen LogP) is 1.61. The van der Waals surface area contributed by atoms with E-state index in [1.807, 2.05) is 19.1 Å². The fourth-order valence-electron chi connectivity index (χ4n) is 1.47. The normalized spacial score (nSPS) is 14.4. The van der Waals surface area contributed by atoms with Crippen molar-refractivity contribution in [2.24, 2.45) is 5.92 Å². The van der Waals surface area contributed by atoms with Crippen LogP contribution in [0, 0.1) is 5.92 Å². The molecule has 4 nitrogen and oxygen atoms in total. The Morgan fingerprint density at radius 1 is 1.56 bits per heavy atom. The maximum atomic E-state index is 11.2. The molecule has 2 atom stereocenters. The number of carbonyl (C=O) groups excluding carboxylic acids is 1. The van der Waals surface area contributed by atoms with Crippen molar-refractivity contribution in [3.8, 4) is 0 Å². The number of ether oxygens (including phenoxy) is 1. The lowest BCUT2D eigenvalue weighted by atomic mass is 10.1. The van der Waals surface area contributed by atoms with Crippen molar-refractivity contribution >= 4 is 5.97 Å². The van der Waals surface area contributed by atoms with Gasteiger partial charge >= 0.3 is 5.97 Å². The van der Waals surface area contributed by atoms with Gasteiger partial charge < -0.3 is 14.5 Å². The fraction of sp³-hybridized carbons (Fsp3) is 0.583. The SMILES string of the molecule is COC(=O)C(C)CNC(C)Cc1ccco1. The van der Waals surface area contributed by atoms with Crippen molar-refractivity contribution in [1.29, 1.82) is 0 Å². The van der Waals surface area contributed by atoms with E-state index < -0.39 is 0 Å². The summed E-state index contributed by atoms with van der Waals surface area (Å²) in [7, 11) is 1.41. The Kier molecular flexibility index (Phi) is 5.05. The second-order valence-electron chi connectivity index (χ2n) is 4.02. The first-order valence-electron chi connectivity index (χ1n) is 5.47. The summed E-state index contributed by atoms with van der Waals surface area (Å²) in [5.41, 5.74) is 0. The van der Waals surface area contributed by atoms with Crippen LogP contribution in [0.15, 0.2) is 22.8 Å². The third-order valence-corrected chi connectivity index (χ3v) is 2.46. The molecular formula is C12H19NO3. The summed E-state index contributed by atoms with van der Waals surface area (Å²) in [6.07, 6.45) is 2.49. The molecule has 1 rings (SSSR count). The highest BCUT2D eigenvalue weighted by molar-refractivity contribution is 5.72. The molecule has 0 aromatic carbocycles. The highest BCUT2D eigenvalue weighted by Crippen LogP contribution is 2.04. The van der Waals surface area contributed by atoms with Gasteiger partial charge in [0.2, 0.25) is 0 Å². The quantitative estimate of drug-likeness (QED) is 0.747. The van der Waals surface area contributed by atoms with Crippen molar-refractivity contribution in [2.75, 3.05) is 13.7 Å². The maximum Gasteiger partial charge on any atom is 0.309 e. The van der Waals surface area contributed by atoms with Crippen molar-refractivity contribution in [1.82, 2.24) is 5.32 Å². The van der Waals surface area contributed by atoms with E-state index >= 15 is 0 Å². The molecule has 4 heteroatoms. The number of hydrogen-bond acceptors (Lipinski definition) is 4. The molecular weight excluding hydrogens is 206 g/mol. The van der Waals surface area contributed by atoms with Crippen LogP contribution in [0.25, 0.3) is 0 Å². The third-order valence-electron chi connectivity index (χ3n) is 2.46. The molecule has 1 aromatic rings. The van der Waals surface area contributed by atoms with Crippen molar-refractivity contribution < 1.29 is 13.9 Å². The standard InChI is InChI=1S/C12H19NO3/c1-9(12(14)15-3)8-13-10(2)7-11-5-4-6-16-11/h4-6,9-10,13H,7-8H2,1-3H3. The fourth-order valence-corrected chi connectivity index (χ4v) is 1.47. The van der Waals surface area contributed by atoms with Gasteiger partial charge in [0.25, 0.3) is 0 Å². The zero-order valence-electron chi connectivity index (χ0n) is 10.0. The Labute approximate surface area is 96.0 Å². The molecule has 1 aromatic heterocycles. The minimum atomic E-state index is -0.183. The summed E-state index contributed by atoms with van der Waals surface area (Å²) < 4.78 is 9.90. The number of carbonyl (C=O) groups is 1. The number of methoxy groups -OCH3 is 1. The van der Waals surface area contributed by atoms with Gasteiger partial charge in [0.1, 0.15) is 5.76 Å². The molecule has 90 valence electrons. The van der Waals surface area contributed by atoms with Crippen LogP contribution < -0.4 is 5.32 Å². The summed E-state index contributed by atoms with van der Waals surface area (Å²) in [4.78, 5) is 11.2. The molecule has 0 saturated carbocycles. The largest absolute Gasteiger partial charge is 0.469 e. The molecule has 1 heterocycles. The second kappa shape index (κ2) is 6.33. The van der Waals surface area contributed by atoms with Gasteiger partial charge in [-0.2, -0.15) is 0 Å². The lowest BCUT2D eigenvalue weighted by molar-refractivity contribution is -0.144. The summed E-state index contributed by atoms with van der Waals surface area (Å²) >= 11 is 0. The van der Waals surface area contributed by atoms with Gasteiger partial charge in [0, 0.05) is 19.0 Å². The minimum absolute atomic E-state index is 0.121. The van der Waals surface area contributed by atoms with E-state index in [4.69, 9.17) is 4.42 Å². The van der Waals surface area contributed by atoms with E-state index in [1.54, 1.807) is 6.26 Å². The van der Waals surface area contributed by atoms with E-state index in [0.29, 0.717) is 6.54 Å². The highest BCUT2D eigenvalue weighted by atomic mass is 16.5. The van der Waals surface area contributed by atoms with E-state index in [2.05, 4.69) is 17.0 Å². The van der Waals surface area contributed by atoms with Gasteiger partial charge in [0.15, 0.2) is 0 Å². The number of furan rings is 1. The van der Waals surface area contributed by atoms with E-state index in [-0.39, 0.29) is 17.9 Å². The van der Waals surface area contributed by atoms with Crippen molar-refractivity contribution in [2.45, 2.75) is 26.3 Å². The van der Waals surface area contributed by atoms with E-state index in [0.717, 1.165) is 12.2 Å². The smallest absolute Gasteiger partial charge is 0.309 e. The lowest BCUT2D eigenvalue weighted by Crippen LogP contribution is -2.34. The minimum Gasteiger partial charge on any atom is -0.469 e. The first-order valence-corrected chi connectivity index (χ1v) is 5.47. The van der Waals surface area contributed by atoms with Gasteiger partial charge in [-0.3, -0.25) is 4.79 Å². The van der Waals surface area contributed by atoms with Crippen LogP contribution in [0.3, 0.4) is 0 Å². The molecule has 0 radical (unpaired) electrons. The lowest BCUT2D eigenvalue weighted by Gasteiger charge is -2.15. The molecule has 0 aliphatic heterocycles. The Morgan fingerprint density at radius 2 is 2.31 bits per heavy atom. The predicted molar refractivity (Wildman–Crippen MR) is 61.1 cm³/mol. The number of rotatable bonds is 6. The van der Waals surface area contributed by atoms with Crippen LogP contribution in [-0.2, 0) is 16.0 Å². The van der Waals surface area contributed by atoms with Gasteiger partial charge in [-0.1, -0.05) is 6.92 Å². The molecule has 0 saturated heterocycles. The molecule has 0 spiro atoms. The Morgan fingerprint density at radius 3 is 2.88 bits per heavy atom. The number of esters is 1. The molecule has 0 fully saturated rings. The van der Waals surface area contributed by atoms with Crippen LogP contribution in [0.2, 0.25) is 0 Å². The van der Waals surface area contributed by atoms with Gasteiger partial charge in [-0.15, -0.1) is 0 Å². The topological polar surface area (TPSA) is 51.5 Å². The van der Waals surface area contributed by atoms with Crippen LogP contribution in [0.5, 0.6) is 0 Å². The number of hydrogen-bond donors (Lipinski definition) is 1. The Balaban J connectivity index is 2.24. The van der Waals surface area contributed by atoms with Gasteiger partial charge in [-0.05, 0) is 19.1 Å². The van der Waals surface area contributed by atoms with Crippen LogP contribution >= 0.6 is 0 Å². The monoisotopic (exact) mass is 225 g/mol. The molecule has 0 aliphatic carbocycles. The second-order valence-corrected chi connectivity index (χ2v) is 4.02. The van der Waals surface area contributed by atoms with E-state index in [9.17, 15) is 4.79 Å². The summed E-state index contributed by atoms with van der Waals surface area (Å²) in [6, 6.07) is 4.10. The third kappa shape index (κ3) is 4.06. The van der Waals surface area contributed by atoms with Crippen molar-refractivity contribution in [3.05, 3.63) is 24.2 Å². The average Bonchev–Trinajstić information content (AvgIpc) is 2.77. The molecule has 1 N–H and O–H groups in total. The molecule has 16 heavy (non-hydrogen) atoms. The van der Waals surface area contributed by atoms with Crippen LogP contribution in [-0.4, -0.2) is 25.7 Å². The number of nitrogens with one attached hydrogen (secondary N) is 1. The zero-order valence-corrected chi connectivity index (χ0v) is 10.0. The van der Waals surface area contributed by atoms with Crippen LogP contribution in [0.4, 0.5) is 0 Å². The van der Waals surface area contributed by atoms with Crippen molar-refractivity contribution in [3.63, 3.8) is 0 Å². The molecule has 0 aliphatic rings. The highest BCUT2D eigenvalue weighted by Gasteiger charge is 2.14. The van der Waals surface area contributed by atoms with Crippen LogP contribution in [0.1, 0.15) is 19.6 Å². The molecule has 0 bridgehead atoms. The first kappa shape index (κ1) is 12.8. The summed E-state index contributed by atoms with van der Waals surface area (Å²) in [5, 5.41) is 3.28. The summed E-state index contributed by atoms with van der Waals surface area (Å²) in [6.45, 7) is 4.53.